The highest BCUT2D eigenvalue weighted by molar-refractivity contribution is 9.10. The summed E-state index contributed by atoms with van der Waals surface area (Å²) in [5.74, 6) is 0.759. The standard InChI is InChI=1S/C14H18BrCl2NO2S/c15-11-8-12(16)14(13(17)9-11)21(19,20)18-7-3-6-10-4-1-2-5-10/h8-10,18H,1-7H2. The van der Waals surface area contributed by atoms with E-state index in [1.54, 1.807) is 0 Å². The number of benzene rings is 1. The Bertz CT molecular complexity index is 578. The van der Waals surface area contributed by atoms with Crippen molar-refractivity contribution in [3.63, 3.8) is 0 Å². The van der Waals surface area contributed by atoms with E-state index < -0.39 is 10.0 Å². The third kappa shape index (κ3) is 4.83. The van der Waals surface area contributed by atoms with Gasteiger partial charge in [-0.15, -0.1) is 0 Å². The molecular formula is C14H18BrCl2NO2S. The lowest BCUT2D eigenvalue weighted by atomic mass is 10.0. The van der Waals surface area contributed by atoms with Crippen molar-refractivity contribution in [2.45, 2.75) is 43.4 Å². The molecule has 0 aliphatic heterocycles. The molecule has 0 saturated heterocycles. The Balaban J connectivity index is 1.95. The van der Waals surface area contributed by atoms with Gasteiger partial charge in [-0.3, -0.25) is 0 Å². The predicted octanol–water partition coefficient (Wildman–Crippen LogP) is 5.00. The molecule has 1 aliphatic rings. The van der Waals surface area contributed by atoms with Crippen LogP contribution >= 0.6 is 39.1 Å². The maximum absolute atomic E-state index is 12.3. The Kier molecular flexibility index (Phi) is 6.38. The van der Waals surface area contributed by atoms with Crippen molar-refractivity contribution in [1.82, 2.24) is 4.72 Å². The van der Waals surface area contributed by atoms with Crippen molar-refractivity contribution in [1.29, 1.82) is 0 Å². The van der Waals surface area contributed by atoms with E-state index in [9.17, 15) is 8.42 Å². The Morgan fingerprint density at radius 2 is 1.76 bits per heavy atom. The zero-order valence-corrected chi connectivity index (χ0v) is 15.5. The second kappa shape index (κ2) is 7.64. The molecule has 0 aromatic heterocycles. The number of sulfonamides is 1. The lowest BCUT2D eigenvalue weighted by Crippen LogP contribution is -2.25. The maximum atomic E-state index is 12.3. The van der Waals surface area contributed by atoms with Gasteiger partial charge in [0, 0.05) is 11.0 Å². The minimum atomic E-state index is -3.67. The zero-order chi connectivity index (χ0) is 15.5. The van der Waals surface area contributed by atoms with E-state index in [4.69, 9.17) is 23.2 Å². The normalized spacial score (nSPS) is 16.5. The summed E-state index contributed by atoms with van der Waals surface area (Å²) in [6, 6.07) is 3.06. The van der Waals surface area contributed by atoms with Gasteiger partial charge >= 0.3 is 0 Å². The van der Waals surface area contributed by atoms with E-state index in [0.29, 0.717) is 11.0 Å². The number of hydrogen-bond acceptors (Lipinski definition) is 2. The molecule has 118 valence electrons. The van der Waals surface area contributed by atoms with Crippen LogP contribution in [0.5, 0.6) is 0 Å². The maximum Gasteiger partial charge on any atom is 0.243 e. The van der Waals surface area contributed by atoms with Crippen LogP contribution in [0.1, 0.15) is 38.5 Å². The summed E-state index contributed by atoms with van der Waals surface area (Å²) in [6.45, 7) is 0.418. The van der Waals surface area contributed by atoms with Crippen molar-refractivity contribution in [3.05, 3.63) is 26.7 Å². The summed E-state index contributed by atoms with van der Waals surface area (Å²) in [4.78, 5) is -0.0464. The van der Waals surface area contributed by atoms with Crippen molar-refractivity contribution < 1.29 is 8.42 Å². The number of rotatable bonds is 6. The van der Waals surface area contributed by atoms with E-state index in [2.05, 4.69) is 20.7 Å². The molecule has 0 bridgehead atoms. The Morgan fingerprint density at radius 3 is 2.33 bits per heavy atom. The van der Waals surface area contributed by atoms with E-state index in [0.717, 1.165) is 18.8 Å². The van der Waals surface area contributed by atoms with Crippen LogP contribution in [0.2, 0.25) is 10.0 Å². The molecule has 7 heteroatoms. The van der Waals surface area contributed by atoms with Gasteiger partial charge in [0.1, 0.15) is 4.90 Å². The van der Waals surface area contributed by atoms with E-state index in [1.807, 2.05) is 0 Å². The largest absolute Gasteiger partial charge is 0.243 e. The quantitative estimate of drug-likeness (QED) is 0.665. The van der Waals surface area contributed by atoms with Crippen molar-refractivity contribution >= 4 is 49.2 Å². The van der Waals surface area contributed by atoms with Crippen LogP contribution in [0.3, 0.4) is 0 Å². The molecule has 0 spiro atoms. The minimum Gasteiger partial charge on any atom is -0.211 e. The summed E-state index contributed by atoms with van der Waals surface area (Å²) in [7, 11) is -3.67. The van der Waals surface area contributed by atoms with Gasteiger partial charge in [0.2, 0.25) is 10.0 Å². The number of nitrogens with one attached hydrogen (secondary N) is 1. The van der Waals surface area contributed by atoms with E-state index in [1.165, 1.54) is 37.8 Å². The molecular weight excluding hydrogens is 397 g/mol. The molecule has 21 heavy (non-hydrogen) atoms. The van der Waals surface area contributed by atoms with Crippen LogP contribution in [-0.2, 0) is 10.0 Å². The molecule has 1 aliphatic carbocycles. The third-order valence-corrected chi connectivity index (χ3v) is 6.63. The molecule has 0 atom stereocenters. The van der Waals surface area contributed by atoms with Gasteiger partial charge in [0.25, 0.3) is 0 Å². The highest BCUT2D eigenvalue weighted by Gasteiger charge is 2.22. The third-order valence-electron chi connectivity index (χ3n) is 3.79. The second-order valence-electron chi connectivity index (χ2n) is 5.39. The smallest absolute Gasteiger partial charge is 0.211 e. The van der Waals surface area contributed by atoms with Gasteiger partial charge < -0.3 is 0 Å². The molecule has 0 heterocycles. The summed E-state index contributed by atoms with van der Waals surface area (Å²) < 4.78 is 27.8. The SMILES string of the molecule is O=S(=O)(NCCCC1CCCC1)c1c(Cl)cc(Br)cc1Cl. The topological polar surface area (TPSA) is 46.2 Å². The van der Waals surface area contributed by atoms with E-state index in [-0.39, 0.29) is 14.9 Å². The molecule has 1 N–H and O–H groups in total. The first-order valence-electron chi connectivity index (χ1n) is 7.04. The Morgan fingerprint density at radius 1 is 1.19 bits per heavy atom. The molecule has 1 saturated carbocycles. The first-order valence-corrected chi connectivity index (χ1v) is 10.1. The average molecular weight is 415 g/mol. The van der Waals surface area contributed by atoms with Crippen molar-refractivity contribution in [3.8, 4) is 0 Å². The van der Waals surface area contributed by atoms with Crippen LogP contribution in [-0.4, -0.2) is 15.0 Å². The predicted molar refractivity (Wildman–Crippen MR) is 90.5 cm³/mol. The fraction of sp³-hybridized carbons (Fsp3) is 0.571. The summed E-state index contributed by atoms with van der Waals surface area (Å²) in [5.41, 5.74) is 0. The van der Waals surface area contributed by atoms with Gasteiger partial charge in [0.05, 0.1) is 10.0 Å². The average Bonchev–Trinajstić information content (AvgIpc) is 2.86. The molecule has 0 amide bonds. The van der Waals surface area contributed by atoms with Gasteiger partial charge in [-0.2, -0.15) is 0 Å². The van der Waals surface area contributed by atoms with Crippen LogP contribution < -0.4 is 4.72 Å². The molecule has 0 radical (unpaired) electrons. The van der Waals surface area contributed by atoms with Crippen LogP contribution in [0.4, 0.5) is 0 Å². The zero-order valence-electron chi connectivity index (χ0n) is 11.5. The number of hydrogen-bond donors (Lipinski definition) is 1. The van der Waals surface area contributed by atoms with E-state index >= 15 is 0 Å². The lowest BCUT2D eigenvalue weighted by molar-refractivity contribution is 0.480. The highest BCUT2D eigenvalue weighted by atomic mass is 79.9. The highest BCUT2D eigenvalue weighted by Crippen LogP contribution is 2.33. The Labute approximate surface area is 144 Å². The van der Waals surface area contributed by atoms with Crippen molar-refractivity contribution in [2.24, 2.45) is 5.92 Å². The number of halogens is 3. The summed E-state index contributed by atoms with van der Waals surface area (Å²) in [6.07, 6.45) is 7.08. The monoisotopic (exact) mass is 413 g/mol. The minimum absolute atomic E-state index is 0.0464. The summed E-state index contributed by atoms with van der Waals surface area (Å²) in [5, 5.41) is 0.246. The fourth-order valence-electron chi connectivity index (χ4n) is 2.75. The fourth-order valence-corrected chi connectivity index (χ4v) is 5.76. The van der Waals surface area contributed by atoms with Crippen LogP contribution in [0, 0.1) is 5.92 Å². The van der Waals surface area contributed by atoms with Gasteiger partial charge in [-0.25, -0.2) is 13.1 Å². The first-order chi connectivity index (χ1) is 9.90. The van der Waals surface area contributed by atoms with Gasteiger partial charge in [-0.1, -0.05) is 64.8 Å². The summed E-state index contributed by atoms with van der Waals surface area (Å²) >= 11 is 15.2. The van der Waals surface area contributed by atoms with Gasteiger partial charge in [-0.05, 0) is 30.9 Å². The molecule has 3 nitrogen and oxygen atoms in total. The molecule has 2 rings (SSSR count). The van der Waals surface area contributed by atoms with Gasteiger partial charge in [0.15, 0.2) is 0 Å². The second-order valence-corrected chi connectivity index (χ2v) is 8.82. The first kappa shape index (κ1) is 17.5. The molecule has 1 aromatic carbocycles. The van der Waals surface area contributed by atoms with Crippen LogP contribution in [0.25, 0.3) is 0 Å². The van der Waals surface area contributed by atoms with Crippen LogP contribution in [0.15, 0.2) is 21.5 Å². The molecule has 1 fully saturated rings. The molecule has 1 aromatic rings. The Hall–Kier alpha value is 0.190. The lowest BCUT2D eigenvalue weighted by Gasteiger charge is -2.12. The van der Waals surface area contributed by atoms with Crippen molar-refractivity contribution in [2.75, 3.05) is 6.54 Å². The molecule has 0 unspecified atom stereocenters.